The first kappa shape index (κ1) is 26.2. The fourth-order valence-electron chi connectivity index (χ4n) is 3.04. The van der Waals surface area contributed by atoms with Crippen LogP contribution in [0.1, 0.15) is 29.2 Å². The zero-order valence-electron chi connectivity index (χ0n) is 19.5. The molecule has 0 atom stereocenters. The standard InChI is InChI=1S/C26H25BrClN3O4/c1-4-34-23-13-19(12-20(27)24(23)35-15-18-10-8-16(2)9-11-18)14-29-31-26(33)25(32)30-22-7-5-6-21(28)17(22)3/h5-14H,4,15H2,1-3H3,(H,30,32)(H,31,33)/b29-14+. The predicted molar refractivity (Wildman–Crippen MR) is 141 cm³/mol. The Kier molecular flexibility index (Phi) is 9.28. The highest BCUT2D eigenvalue weighted by Gasteiger charge is 2.15. The van der Waals surface area contributed by atoms with Crippen molar-refractivity contribution in [2.45, 2.75) is 27.4 Å². The van der Waals surface area contributed by atoms with E-state index in [9.17, 15) is 9.59 Å². The highest BCUT2D eigenvalue weighted by Crippen LogP contribution is 2.37. The number of hydrazone groups is 1. The van der Waals surface area contributed by atoms with Crippen LogP contribution in [0, 0.1) is 13.8 Å². The van der Waals surface area contributed by atoms with Gasteiger partial charge in [0.25, 0.3) is 0 Å². The van der Waals surface area contributed by atoms with Crippen molar-refractivity contribution in [3.05, 3.63) is 86.3 Å². The third-order valence-corrected chi connectivity index (χ3v) is 5.94. The van der Waals surface area contributed by atoms with Gasteiger partial charge in [0.05, 0.1) is 17.3 Å². The highest BCUT2D eigenvalue weighted by molar-refractivity contribution is 9.10. The normalized spacial score (nSPS) is 10.8. The first-order valence-electron chi connectivity index (χ1n) is 10.8. The number of carbonyl (C=O) groups excluding carboxylic acids is 2. The van der Waals surface area contributed by atoms with E-state index in [-0.39, 0.29) is 0 Å². The van der Waals surface area contributed by atoms with Gasteiger partial charge in [-0.15, -0.1) is 0 Å². The van der Waals surface area contributed by atoms with Gasteiger partial charge in [0.1, 0.15) is 6.61 Å². The van der Waals surface area contributed by atoms with Crippen LogP contribution in [0.25, 0.3) is 0 Å². The number of anilines is 1. The number of nitrogens with one attached hydrogen (secondary N) is 2. The maximum absolute atomic E-state index is 12.2. The molecule has 0 spiro atoms. The van der Waals surface area contributed by atoms with E-state index >= 15 is 0 Å². The summed E-state index contributed by atoms with van der Waals surface area (Å²) < 4.78 is 12.4. The van der Waals surface area contributed by atoms with Gasteiger partial charge in [-0.05, 0) is 77.7 Å². The molecule has 9 heteroatoms. The Morgan fingerprint density at radius 2 is 1.80 bits per heavy atom. The lowest BCUT2D eigenvalue weighted by atomic mass is 10.2. The van der Waals surface area contributed by atoms with Crippen LogP contribution in [0.5, 0.6) is 11.5 Å². The molecule has 0 heterocycles. The minimum absolute atomic E-state index is 0.379. The average molecular weight is 559 g/mol. The van der Waals surface area contributed by atoms with Crippen LogP contribution in [0.2, 0.25) is 5.02 Å². The number of aryl methyl sites for hydroxylation is 1. The second-order valence-corrected chi connectivity index (χ2v) is 8.86. The number of carbonyl (C=O) groups is 2. The first-order valence-corrected chi connectivity index (χ1v) is 12.0. The lowest BCUT2D eigenvalue weighted by Gasteiger charge is -2.15. The van der Waals surface area contributed by atoms with Gasteiger partial charge in [-0.3, -0.25) is 9.59 Å². The van der Waals surface area contributed by atoms with Crippen LogP contribution < -0.4 is 20.2 Å². The summed E-state index contributed by atoms with van der Waals surface area (Å²) in [7, 11) is 0. The molecule has 0 radical (unpaired) electrons. The van der Waals surface area contributed by atoms with Gasteiger partial charge in [0, 0.05) is 10.7 Å². The Hall–Kier alpha value is -3.36. The van der Waals surface area contributed by atoms with Crippen LogP contribution in [-0.4, -0.2) is 24.6 Å². The summed E-state index contributed by atoms with van der Waals surface area (Å²) in [5, 5.41) is 6.90. The van der Waals surface area contributed by atoms with E-state index in [2.05, 4.69) is 31.8 Å². The molecule has 0 aliphatic carbocycles. The number of ether oxygens (including phenoxy) is 2. The fourth-order valence-corrected chi connectivity index (χ4v) is 3.79. The zero-order valence-corrected chi connectivity index (χ0v) is 21.9. The zero-order chi connectivity index (χ0) is 25.4. The largest absolute Gasteiger partial charge is 0.490 e. The Morgan fingerprint density at radius 3 is 2.51 bits per heavy atom. The smallest absolute Gasteiger partial charge is 0.329 e. The van der Waals surface area contributed by atoms with E-state index in [1.54, 1.807) is 37.3 Å². The number of rotatable bonds is 8. The molecular weight excluding hydrogens is 534 g/mol. The lowest BCUT2D eigenvalue weighted by molar-refractivity contribution is -0.136. The topological polar surface area (TPSA) is 89.0 Å². The summed E-state index contributed by atoms with van der Waals surface area (Å²) in [4.78, 5) is 24.3. The quantitative estimate of drug-likeness (QED) is 0.208. The van der Waals surface area contributed by atoms with Crippen LogP contribution in [0.3, 0.4) is 0 Å². The van der Waals surface area contributed by atoms with Crippen LogP contribution in [0.4, 0.5) is 5.69 Å². The molecule has 0 aliphatic heterocycles. The Balaban J connectivity index is 1.66. The van der Waals surface area contributed by atoms with E-state index in [0.717, 1.165) is 5.56 Å². The van der Waals surface area contributed by atoms with Gasteiger partial charge < -0.3 is 14.8 Å². The third kappa shape index (κ3) is 7.31. The SMILES string of the molecule is CCOc1cc(/C=N/NC(=O)C(=O)Nc2cccc(Cl)c2C)cc(Br)c1OCc1ccc(C)cc1. The molecule has 3 aromatic carbocycles. The van der Waals surface area contributed by atoms with Crippen molar-refractivity contribution in [3.8, 4) is 11.5 Å². The summed E-state index contributed by atoms with van der Waals surface area (Å²) in [5.41, 5.74) is 6.18. The number of nitrogens with zero attached hydrogens (tertiary/aromatic N) is 1. The monoisotopic (exact) mass is 557 g/mol. The lowest BCUT2D eigenvalue weighted by Crippen LogP contribution is -2.32. The molecule has 0 saturated carbocycles. The molecule has 0 saturated heterocycles. The predicted octanol–water partition coefficient (Wildman–Crippen LogP) is 5.79. The number of benzene rings is 3. The van der Waals surface area contributed by atoms with Crippen molar-refractivity contribution < 1.29 is 19.1 Å². The second kappa shape index (κ2) is 12.4. The highest BCUT2D eigenvalue weighted by atomic mass is 79.9. The molecule has 0 aromatic heterocycles. The minimum atomic E-state index is -0.914. The van der Waals surface area contributed by atoms with Crippen LogP contribution >= 0.6 is 27.5 Å². The molecule has 0 fully saturated rings. The molecule has 182 valence electrons. The molecule has 3 rings (SSSR count). The Bertz CT molecular complexity index is 1250. The van der Waals surface area contributed by atoms with Crippen molar-refractivity contribution in [3.63, 3.8) is 0 Å². The van der Waals surface area contributed by atoms with Gasteiger partial charge in [0.2, 0.25) is 0 Å². The maximum Gasteiger partial charge on any atom is 0.329 e. The van der Waals surface area contributed by atoms with Crippen molar-refractivity contribution in [1.82, 2.24) is 5.43 Å². The molecule has 2 N–H and O–H groups in total. The second-order valence-electron chi connectivity index (χ2n) is 7.60. The Morgan fingerprint density at radius 1 is 1.06 bits per heavy atom. The molecule has 35 heavy (non-hydrogen) atoms. The van der Waals surface area contributed by atoms with Crippen molar-refractivity contribution in [2.24, 2.45) is 5.10 Å². The van der Waals surface area contributed by atoms with Crippen LogP contribution in [0.15, 0.2) is 64.2 Å². The van der Waals surface area contributed by atoms with E-state index in [1.165, 1.54) is 11.8 Å². The van der Waals surface area contributed by atoms with Crippen molar-refractivity contribution >= 4 is 51.2 Å². The van der Waals surface area contributed by atoms with E-state index in [1.807, 2.05) is 38.1 Å². The van der Waals surface area contributed by atoms with Crippen LogP contribution in [-0.2, 0) is 16.2 Å². The van der Waals surface area contributed by atoms with E-state index in [4.69, 9.17) is 21.1 Å². The number of hydrogen-bond donors (Lipinski definition) is 2. The summed E-state index contributed by atoms with van der Waals surface area (Å²) in [6.07, 6.45) is 1.41. The Labute approximate surface area is 217 Å². The number of amides is 2. The summed E-state index contributed by atoms with van der Waals surface area (Å²) in [6, 6.07) is 16.6. The molecule has 2 amide bonds. The first-order chi connectivity index (χ1) is 16.8. The summed E-state index contributed by atoms with van der Waals surface area (Å²) in [6.45, 7) is 6.47. The van der Waals surface area contributed by atoms with Gasteiger partial charge in [-0.2, -0.15) is 5.10 Å². The molecule has 0 aliphatic rings. The number of hydrogen-bond acceptors (Lipinski definition) is 5. The van der Waals surface area contributed by atoms with Crippen molar-refractivity contribution in [1.29, 1.82) is 0 Å². The van der Waals surface area contributed by atoms with Gasteiger partial charge in [-0.1, -0.05) is 47.5 Å². The molecule has 7 nitrogen and oxygen atoms in total. The number of halogens is 2. The fraction of sp³-hybridized carbons (Fsp3) is 0.192. The maximum atomic E-state index is 12.2. The van der Waals surface area contributed by atoms with Gasteiger partial charge >= 0.3 is 11.8 Å². The van der Waals surface area contributed by atoms with Crippen molar-refractivity contribution in [2.75, 3.05) is 11.9 Å². The average Bonchev–Trinajstić information content (AvgIpc) is 2.82. The molecular formula is C26H25BrClN3O4. The molecule has 3 aromatic rings. The van der Waals surface area contributed by atoms with Gasteiger partial charge in [-0.25, -0.2) is 5.43 Å². The minimum Gasteiger partial charge on any atom is -0.490 e. The summed E-state index contributed by atoms with van der Waals surface area (Å²) in [5.74, 6) is -0.688. The van der Waals surface area contributed by atoms with E-state index in [0.29, 0.717) is 51.0 Å². The van der Waals surface area contributed by atoms with Gasteiger partial charge in [0.15, 0.2) is 11.5 Å². The summed E-state index contributed by atoms with van der Waals surface area (Å²) >= 11 is 9.56. The third-order valence-electron chi connectivity index (χ3n) is 4.94. The van der Waals surface area contributed by atoms with E-state index < -0.39 is 11.8 Å². The molecule has 0 bridgehead atoms. The molecule has 0 unspecified atom stereocenters.